The number of carbonyl (C=O) groups is 1. The zero-order chi connectivity index (χ0) is 22.8. The van der Waals surface area contributed by atoms with Gasteiger partial charge in [-0.15, -0.1) is 0 Å². The van der Waals surface area contributed by atoms with Crippen LogP contribution in [0.1, 0.15) is 18.4 Å². The van der Waals surface area contributed by atoms with E-state index >= 15 is 0 Å². The molecular formula is C25H25N3O5. The highest BCUT2D eigenvalue weighted by atomic mass is 16.7. The Bertz CT molecular complexity index is 1240. The number of nitrogens with zero attached hydrogens (tertiary/aromatic N) is 3. The van der Waals surface area contributed by atoms with Crippen molar-refractivity contribution in [2.24, 2.45) is 0 Å². The van der Waals surface area contributed by atoms with Crippen molar-refractivity contribution in [3.63, 3.8) is 0 Å². The molecule has 0 unspecified atom stereocenters. The number of ether oxygens (including phenoxy) is 3. The highest BCUT2D eigenvalue weighted by Crippen LogP contribution is 2.35. The minimum absolute atomic E-state index is 0.0470. The third-order valence-electron chi connectivity index (χ3n) is 6.11. The molecule has 2 aliphatic rings. The summed E-state index contributed by atoms with van der Waals surface area (Å²) in [6.45, 7) is 1.25. The summed E-state index contributed by atoms with van der Waals surface area (Å²) in [5, 5.41) is 4.59. The second-order valence-corrected chi connectivity index (χ2v) is 8.22. The number of fused-ring (bicyclic) bond motifs is 1. The Labute approximate surface area is 191 Å². The van der Waals surface area contributed by atoms with Crippen molar-refractivity contribution < 1.29 is 19.0 Å². The van der Waals surface area contributed by atoms with Gasteiger partial charge >= 0.3 is 0 Å². The molecule has 0 aliphatic carbocycles. The van der Waals surface area contributed by atoms with Crippen molar-refractivity contribution in [2.75, 3.05) is 20.4 Å². The van der Waals surface area contributed by atoms with Crippen LogP contribution in [0.3, 0.4) is 0 Å². The maximum atomic E-state index is 13.0. The van der Waals surface area contributed by atoms with E-state index in [9.17, 15) is 9.59 Å². The first-order valence-corrected chi connectivity index (χ1v) is 11.0. The SMILES string of the molecule is COc1cccc(CC(=O)N2CCC[C@H]2Cn2nc(-c3ccc4c(c3)OCO4)ccc2=O)c1. The predicted octanol–water partition coefficient (Wildman–Crippen LogP) is 2.88. The van der Waals surface area contributed by atoms with E-state index in [1.807, 2.05) is 47.4 Å². The molecule has 1 amide bonds. The van der Waals surface area contributed by atoms with Crippen LogP contribution in [0, 0.1) is 0 Å². The number of hydrogen-bond donors (Lipinski definition) is 0. The van der Waals surface area contributed by atoms with Gasteiger partial charge in [-0.2, -0.15) is 5.10 Å². The number of carbonyl (C=O) groups excluding carboxylic acids is 1. The molecule has 0 N–H and O–H groups in total. The third kappa shape index (κ3) is 4.41. The number of rotatable bonds is 6. The molecule has 1 atom stereocenters. The molecular weight excluding hydrogens is 422 g/mol. The van der Waals surface area contributed by atoms with Gasteiger partial charge in [0, 0.05) is 18.2 Å². The average molecular weight is 447 g/mol. The van der Waals surface area contributed by atoms with E-state index in [2.05, 4.69) is 5.10 Å². The molecule has 2 aliphatic heterocycles. The zero-order valence-electron chi connectivity index (χ0n) is 18.4. The van der Waals surface area contributed by atoms with Crippen molar-refractivity contribution in [3.05, 3.63) is 70.5 Å². The van der Waals surface area contributed by atoms with E-state index in [1.165, 1.54) is 10.7 Å². The van der Waals surface area contributed by atoms with Gasteiger partial charge < -0.3 is 19.1 Å². The lowest BCUT2D eigenvalue weighted by Gasteiger charge is -2.25. The third-order valence-corrected chi connectivity index (χ3v) is 6.11. The molecule has 0 radical (unpaired) electrons. The molecule has 170 valence electrons. The van der Waals surface area contributed by atoms with Crippen molar-refractivity contribution in [1.82, 2.24) is 14.7 Å². The molecule has 3 aromatic rings. The summed E-state index contributed by atoms with van der Waals surface area (Å²) >= 11 is 0. The van der Waals surface area contributed by atoms with E-state index < -0.39 is 0 Å². The Kier molecular flexibility index (Phi) is 5.73. The quantitative estimate of drug-likeness (QED) is 0.578. The van der Waals surface area contributed by atoms with Crippen LogP contribution in [0.5, 0.6) is 17.2 Å². The lowest BCUT2D eigenvalue weighted by atomic mass is 10.1. The summed E-state index contributed by atoms with van der Waals surface area (Å²) in [5.74, 6) is 2.14. The van der Waals surface area contributed by atoms with Crippen molar-refractivity contribution >= 4 is 5.91 Å². The highest BCUT2D eigenvalue weighted by molar-refractivity contribution is 5.79. The van der Waals surface area contributed by atoms with E-state index in [0.29, 0.717) is 36.7 Å². The maximum absolute atomic E-state index is 13.0. The lowest BCUT2D eigenvalue weighted by Crippen LogP contribution is -2.41. The summed E-state index contributed by atoms with van der Waals surface area (Å²) in [7, 11) is 1.61. The summed E-state index contributed by atoms with van der Waals surface area (Å²) < 4.78 is 17.5. The topological polar surface area (TPSA) is 82.9 Å². The van der Waals surface area contributed by atoms with Crippen LogP contribution >= 0.6 is 0 Å². The van der Waals surface area contributed by atoms with E-state index in [4.69, 9.17) is 14.2 Å². The molecule has 8 heteroatoms. The average Bonchev–Trinajstić information content (AvgIpc) is 3.49. The number of methoxy groups -OCH3 is 1. The van der Waals surface area contributed by atoms with Gasteiger partial charge in [-0.1, -0.05) is 12.1 Å². The molecule has 5 rings (SSSR count). The Balaban J connectivity index is 1.33. The molecule has 3 heterocycles. The van der Waals surface area contributed by atoms with Crippen LogP contribution in [-0.4, -0.2) is 47.1 Å². The van der Waals surface area contributed by atoms with Crippen molar-refractivity contribution in [3.8, 4) is 28.5 Å². The second-order valence-electron chi connectivity index (χ2n) is 8.22. The number of amides is 1. The molecule has 1 aromatic heterocycles. The van der Waals surface area contributed by atoms with Crippen molar-refractivity contribution in [2.45, 2.75) is 31.8 Å². The first kappa shape index (κ1) is 21.1. The Hall–Kier alpha value is -3.81. The molecule has 1 saturated heterocycles. The second kappa shape index (κ2) is 8.97. The summed E-state index contributed by atoms with van der Waals surface area (Å²) in [6.07, 6.45) is 2.05. The van der Waals surface area contributed by atoms with E-state index in [1.54, 1.807) is 13.2 Å². The smallest absolute Gasteiger partial charge is 0.266 e. The fourth-order valence-electron chi connectivity index (χ4n) is 4.40. The zero-order valence-corrected chi connectivity index (χ0v) is 18.4. The maximum Gasteiger partial charge on any atom is 0.266 e. The van der Waals surface area contributed by atoms with Gasteiger partial charge in [-0.05, 0) is 54.8 Å². The first-order valence-electron chi connectivity index (χ1n) is 11.0. The first-order chi connectivity index (χ1) is 16.1. The number of aromatic nitrogens is 2. The van der Waals surface area contributed by atoms with Gasteiger partial charge in [0.2, 0.25) is 12.7 Å². The van der Waals surface area contributed by atoms with Gasteiger partial charge in [-0.25, -0.2) is 4.68 Å². The fourth-order valence-corrected chi connectivity index (χ4v) is 4.40. The van der Waals surface area contributed by atoms with Gasteiger partial charge in [0.25, 0.3) is 5.56 Å². The van der Waals surface area contributed by atoms with E-state index in [-0.39, 0.29) is 24.3 Å². The van der Waals surface area contributed by atoms with Crippen LogP contribution in [0.15, 0.2) is 59.4 Å². The Morgan fingerprint density at radius 3 is 2.88 bits per heavy atom. The highest BCUT2D eigenvalue weighted by Gasteiger charge is 2.29. The number of likely N-dealkylation sites (tertiary alicyclic amines) is 1. The van der Waals surface area contributed by atoms with Crippen LogP contribution in [0.25, 0.3) is 11.3 Å². The Morgan fingerprint density at radius 2 is 2.00 bits per heavy atom. The van der Waals surface area contributed by atoms with Crippen LogP contribution in [0.2, 0.25) is 0 Å². The van der Waals surface area contributed by atoms with Crippen LogP contribution in [0.4, 0.5) is 0 Å². The minimum Gasteiger partial charge on any atom is -0.497 e. The minimum atomic E-state index is -0.188. The standard InChI is InChI=1S/C25H25N3O5/c1-31-20-6-2-4-17(12-20)13-25(30)27-11-3-5-19(27)15-28-24(29)10-8-21(26-28)18-7-9-22-23(14-18)33-16-32-22/h2,4,6-10,12,14,19H,3,5,11,13,15-16H2,1H3/t19-/m0/s1. The number of hydrogen-bond acceptors (Lipinski definition) is 6. The van der Waals surface area contributed by atoms with Gasteiger partial charge in [0.1, 0.15) is 5.75 Å². The molecule has 33 heavy (non-hydrogen) atoms. The molecule has 0 spiro atoms. The monoisotopic (exact) mass is 447 g/mol. The largest absolute Gasteiger partial charge is 0.497 e. The molecule has 2 aromatic carbocycles. The summed E-state index contributed by atoms with van der Waals surface area (Å²) in [4.78, 5) is 27.5. The van der Waals surface area contributed by atoms with Crippen molar-refractivity contribution in [1.29, 1.82) is 0 Å². The predicted molar refractivity (Wildman–Crippen MR) is 121 cm³/mol. The van der Waals surface area contributed by atoms with Gasteiger partial charge in [0.15, 0.2) is 11.5 Å². The fraction of sp³-hybridized carbons (Fsp3) is 0.320. The van der Waals surface area contributed by atoms with Gasteiger partial charge in [0.05, 0.1) is 31.8 Å². The van der Waals surface area contributed by atoms with Crippen LogP contribution in [-0.2, 0) is 17.8 Å². The number of benzene rings is 2. The summed E-state index contributed by atoms with van der Waals surface area (Å²) in [5.41, 5.74) is 2.22. The molecule has 0 saturated carbocycles. The molecule has 8 nitrogen and oxygen atoms in total. The molecule has 1 fully saturated rings. The Morgan fingerprint density at radius 1 is 1.12 bits per heavy atom. The lowest BCUT2D eigenvalue weighted by molar-refractivity contribution is -0.131. The van der Waals surface area contributed by atoms with Gasteiger partial charge in [-0.3, -0.25) is 9.59 Å². The van der Waals surface area contributed by atoms with E-state index in [0.717, 1.165) is 29.7 Å². The normalized spacial score (nSPS) is 16.8. The molecule has 0 bridgehead atoms. The van der Waals surface area contributed by atoms with Crippen LogP contribution < -0.4 is 19.8 Å². The summed E-state index contributed by atoms with van der Waals surface area (Å²) in [6, 6.07) is 16.3.